The van der Waals surface area contributed by atoms with Crippen molar-refractivity contribution >= 4 is 28.4 Å². The molecule has 34 heavy (non-hydrogen) atoms. The van der Waals surface area contributed by atoms with Crippen LogP contribution in [0.1, 0.15) is 33.6 Å². The molecule has 1 amide bonds. The number of ether oxygens (including phenoxy) is 1. The van der Waals surface area contributed by atoms with Crippen LogP contribution in [0.4, 0.5) is 0 Å². The maximum Gasteiger partial charge on any atom is 0.253 e. The van der Waals surface area contributed by atoms with Crippen molar-refractivity contribution in [3.63, 3.8) is 0 Å². The molecule has 2 heterocycles. The Kier molecular flexibility index (Phi) is 5.14. The second-order valence-corrected chi connectivity index (χ2v) is 10.0. The van der Waals surface area contributed by atoms with Crippen LogP contribution in [0.5, 0.6) is 5.75 Å². The number of likely N-dealkylation sites (tertiary alicyclic amines) is 1. The summed E-state index contributed by atoms with van der Waals surface area (Å²) in [7, 11) is 1.72. The van der Waals surface area contributed by atoms with Gasteiger partial charge in [0.25, 0.3) is 5.91 Å². The molecule has 1 N–H and O–H groups in total. The van der Waals surface area contributed by atoms with Gasteiger partial charge in [-0.1, -0.05) is 48.0 Å². The van der Waals surface area contributed by atoms with Crippen LogP contribution in [0, 0.1) is 5.92 Å². The number of aromatic nitrogens is 1. The standard InChI is InChI=1S/C29H27ClN2O2/c1-34-23-9-5-8-20(14-23)29-12-13-32(28(33)19-6-3-2-4-7-19)18-21(29)15-25-24-11-10-22(30)16-26(24)31-27(25)17-29/h2-11,14,16,21,31H,12-13,15,17-18H2,1H3/t21?,29-/m1/s1. The average molecular weight is 471 g/mol. The summed E-state index contributed by atoms with van der Waals surface area (Å²) in [5.74, 6) is 1.31. The fourth-order valence-electron chi connectivity index (χ4n) is 6.16. The summed E-state index contributed by atoms with van der Waals surface area (Å²) >= 11 is 6.29. The molecule has 4 aromatic rings. The van der Waals surface area contributed by atoms with E-state index in [-0.39, 0.29) is 11.3 Å². The van der Waals surface area contributed by atoms with Gasteiger partial charge < -0.3 is 14.6 Å². The van der Waals surface area contributed by atoms with Gasteiger partial charge in [0.15, 0.2) is 0 Å². The highest BCUT2D eigenvalue weighted by atomic mass is 35.5. The molecule has 6 rings (SSSR count). The number of nitrogens with zero attached hydrogens (tertiary/aromatic N) is 1. The molecule has 1 aromatic heterocycles. The monoisotopic (exact) mass is 470 g/mol. The normalized spacial score (nSPS) is 21.7. The second-order valence-electron chi connectivity index (χ2n) is 9.61. The van der Waals surface area contributed by atoms with Gasteiger partial charge in [-0.3, -0.25) is 4.79 Å². The number of methoxy groups -OCH3 is 1. The predicted molar refractivity (Wildman–Crippen MR) is 136 cm³/mol. The summed E-state index contributed by atoms with van der Waals surface area (Å²) in [5, 5.41) is 1.98. The molecule has 0 saturated carbocycles. The van der Waals surface area contributed by atoms with Gasteiger partial charge >= 0.3 is 0 Å². The SMILES string of the molecule is COc1cccc([C@]23CCN(C(=O)c4ccccc4)CC2Cc2c([nH]c4cc(Cl)ccc24)C3)c1. The molecule has 5 heteroatoms. The number of hydrogen-bond acceptors (Lipinski definition) is 2. The number of hydrogen-bond donors (Lipinski definition) is 1. The number of H-pyrrole nitrogens is 1. The first kappa shape index (κ1) is 21.3. The highest BCUT2D eigenvalue weighted by molar-refractivity contribution is 6.31. The molecule has 0 spiro atoms. The first-order valence-electron chi connectivity index (χ1n) is 11.9. The third-order valence-electron chi connectivity index (χ3n) is 7.90. The Morgan fingerprint density at radius 3 is 2.76 bits per heavy atom. The molecule has 0 radical (unpaired) electrons. The van der Waals surface area contributed by atoms with E-state index in [2.05, 4.69) is 34.1 Å². The van der Waals surface area contributed by atoms with Crippen LogP contribution in [0.15, 0.2) is 72.8 Å². The zero-order chi connectivity index (χ0) is 23.3. The summed E-state index contributed by atoms with van der Waals surface area (Å²) in [5.41, 5.74) is 5.75. The van der Waals surface area contributed by atoms with Gasteiger partial charge in [0, 0.05) is 45.7 Å². The fourth-order valence-corrected chi connectivity index (χ4v) is 6.33. The number of aromatic amines is 1. The number of carbonyl (C=O) groups excluding carboxylic acids is 1. The van der Waals surface area contributed by atoms with Crippen molar-refractivity contribution in [2.24, 2.45) is 5.92 Å². The van der Waals surface area contributed by atoms with Crippen LogP contribution in [0.25, 0.3) is 10.9 Å². The van der Waals surface area contributed by atoms with Gasteiger partial charge in [-0.15, -0.1) is 0 Å². The van der Waals surface area contributed by atoms with Gasteiger partial charge in [-0.2, -0.15) is 0 Å². The van der Waals surface area contributed by atoms with Crippen molar-refractivity contribution in [3.8, 4) is 5.75 Å². The van der Waals surface area contributed by atoms with E-state index in [9.17, 15) is 4.79 Å². The molecule has 4 nitrogen and oxygen atoms in total. The predicted octanol–water partition coefficient (Wildman–Crippen LogP) is 6.03. The number of fused-ring (bicyclic) bond motifs is 4. The number of halogens is 1. The number of benzene rings is 3. The smallest absolute Gasteiger partial charge is 0.253 e. The van der Waals surface area contributed by atoms with E-state index in [1.807, 2.05) is 48.5 Å². The maximum absolute atomic E-state index is 13.3. The van der Waals surface area contributed by atoms with Crippen LogP contribution < -0.4 is 4.74 Å². The first-order valence-corrected chi connectivity index (χ1v) is 12.2. The van der Waals surface area contributed by atoms with Crippen molar-refractivity contribution in [1.82, 2.24) is 9.88 Å². The van der Waals surface area contributed by atoms with Gasteiger partial charge in [0.1, 0.15) is 5.75 Å². The molecule has 3 aromatic carbocycles. The highest BCUT2D eigenvalue weighted by Crippen LogP contribution is 2.49. The third kappa shape index (κ3) is 3.40. The fraction of sp³-hybridized carbons (Fsp3) is 0.276. The van der Waals surface area contributed by atoms with E-state index in [0.717, 1.165) is 54.2 Å². The molecule has 2 aliphatic rings. The Morgan fingerprint density at radius 1 is 1.09 bits per heavy atom. The summed E-state index contributed by atoms with van der Waals surface area (Å²) in [6.07, 6.45) is 2.76. The second kappa shape index (κ2) is 8.21. The number of nitrogens with one attached hydrogen (secondary N) is 1. The lowest BCUT2D eigenvalue weighted by molar-refractivity contribution is 0.0501. The van der Waals surface area contributed by atoms with Crippen molar-refractivity contribution < 1.29 is 9.53 Å². The minimum absolute atomic E-state index is 0.0559. The third-order valence-corrected chi connectivity index (χ3v) is 8.14. The van der Waals surface area contributed by atoms with E-state index >= 15 is 0 Å². The van der Waals surface area contributed by atoms with Crippen molar-refractivity contribution in [2.75, 3.05) is 20.2 Å². The molecular formula is C29H27ClN2O2. The molecule has 0 bridgehead atoms. The van der Waals surface area contributed by atoms with Crippen LogP contribution in [0.3, 0.4) is 0 Å². The van der Waals surface area contributed by atoms with Gasteiger partial charge in [0.05, 0.1) is 7.11 Å². The average Bonchev–Trinajstić information content (AvgIpc) is 3.22. The number of piperidine rings is 1. The van der Waals surface area contributed by atoms with Crippen LogP contribution in [-0.2, 0) is 18.3 Å². The Bertz CT molecular complexity index is 1380. The van der Waals surface area contributed by atoms with Crippen LogP contribution in [-0.4, -0.2) is 36.0 Å². The highest BCUT2D eigenvalue weighted by Gasteiger charge is 2.49. The quantitative estimate of drug-likeness (QED) is 0.397. The number of rotatable bonds is 3. The topological polar surface area (TPSA) is 45.3 Å². The minimum Gasteiger partial charge on any atom is -0.497 e. The van der Waals surface area contributed by atoms with E-state index in [1.165, 1.54) is 22.2 Å². The molecule has 1 saturated heterocycles. The Morgan fingerprint density at radius 2 is 1.94 bits per heavy atom. The van der Waals surface area contributed by atoms with Gasteiger partial charge in [-0.05, 0) is 72.7 Å². The number of carbonyl (C=O) groups is 1. The van der Waals surface area contributed by atoms with E-state index in [0.29, 0.717) is 5.92 Å². The van der Waals surface area contributed by atoms with Crippen molar-refractivity contribution in [2.45, 2.75) is 24.7 Å². The van der Waals surface area contributed by atoms with Gasteiger partial charge in [0.2, 0.25) is 0 Å². The van der Waals surface area contributed by atoms with E-state index in [1.54, 1.807) is 7.11 Å². The molecular weight excluding hydrogens is 444 g/mol. The summed E-state index contributed by atoms with van der Waals surface area (Å²) in [6.45, 7) is 1.48. The molecule has 2 atom stereocenters. The first-order chi connectivity index (χ1) is 16.6. The lowest BCUT2D eigenvalue weighted by Gasteiger charge is -2.51. The van der Waals surface area contributed by atoms with Gasteiger partial charge in [-0.25, -0.2) is 0 Å². The molecule has 1 aliphatic heterocycles. The summed E-state index contributed by atoms with van der Waals surface area (Å²) in [4.78, 5) is 19.1. The minimum atomic E-state index is -0.0559. The Hall–Kier alpha value is -3.24. The zero-order valence-corrected chi connectivity index (χ0v) is 19.9. The molecule has 1 fully saturated rings. The maximum atomic E-state index is 13.3. The van der Waals surface area contributed by atoms with Crippen LogP contribution in [0.2, 0.25) is 5.02 Å². The summed E-state index contributed by atoms with van der Waals surface area (Å²) in [6, 6.07) is 24.3. The largest absolute Gasteiger partial charge is 0.497 e. The number of amides is 1. The molecule has 1 aliphatic carbocycles. The van der Waals surface area contributed by atoms with E-state index < -0.39 is 0 Å². The van der Waals surface area contributed by atoms with Crippen LogP contribution >= 0.6 is 11.6 Å². The zero-order valence-electron chi connectivity index (χ0n) is 19.2. The molecule has 172 valence electrons. The summed E-state index contributed by atoms with van der Waals surface area (Å²) < 4.78 is 5.58. The molecule has 1 unspecified atom stereocenters. The van der Waals surface area contributed by atoms with E-state index in [4.69, 9.17) is 16.3 Å². The van der Waals surface area contributed by atoms with Crippen molar-refractivity contribution in [3.05, 3.63) is 100 Å². The Labute approximate surface area is 204 Å². The van der Waals surface area contributed by atoms with Crippen molar-refractivity contribution in [1.29, 1.82) is 0 Å². The lowest BCUT2D eigenvalue weighted by Crippen LogP contribution is -2.55. The Balaban J connectivity index is 1.43. The lowest BCUT2D eigenvalue weighted by atomic mass is 9.58.